The molecule has 0 radical (unpaired) electrons. The van der Waals surface area contributed by atoms with Crippen LogP contribution in [0.5, 0.6) is 0 Å². The summed E-state index contributed by atoms with van der Waals surface area (Å²) in [5.41, 5.74) is -0.762. The van der Waals surface area contributed by atoms with E-state index in [2.05, 4.69) is 10.3 Å². The normalized spacial score (nSPS) is 11.4. The topological polar surface area (TPSA) is 59.1 Å². The van der Waals surface area contributed by atoms with Gasteiger partial charge >= 0.3 is 6.18 Å². The molecule has 0 saturated carbocycles. The van der Waals surface area contributed by atoms with Gasteiger partial charge in [-0.25, -0.2) is 4.98 Å². The van der Waals surface area contributed by atoms with Crippen LogP contribution < -0.4 is 5.32 Å². The Morgan fingerprint density at radius 3 is 2.55 bits per heavy atom. The van der Waals surface area contributed by atoms with E-state index in [-0.39, 0.29) is 22.3 Å². The molecule has 1 N–H and O–H groups in total. The number of rotatable bonds is 2. The van der Waals surface area contributed by atoms with Crippen LogP contribution in [0.3, 0.4) is 0 Å². The van der Waals surface area contributed by atoms with Crippen LogP contribution in [-0.4, -0.2) is 17.2 Å². The van der Waals surface area contributed by atoms with Crippen molar-refractivity contribution in [1.29, 1.82) is 0 Å². The number of benzene rings is 1. The zero-order chi connectivity index (χ0) is 14.9. The first-order chi connectivity index (χ1) is 9.31. The molecular weight excluding hydrogens is 273 g/mol. The Bertz CT molecular complexity index is 696. The van der Waals surface area contributed by atoms with Gasteiger partial charge in [-0.3, -0.25) is 9.59 Å². The molecular formula is C13H9F3N2O2. The summed E-state index contributed by atoms with van der Waals surface area (Å²) in [5.74, 6) is -0.524. The second-order valence-electron chi connectivity index (χ2n) is 4.13. The lowest BCUT2D eigenvalue weighted by atomic mass is 10.1. The first kappa shape index (κ1) is 14.0. The molecule has 20 heavy (non-hydrogen) atoms. The average molecular weight is 282 g/mol. The number of fused-ring (bicyclic) bond motifs is 1. The summed E-state index contributed by atoms with van der Waals surface area (Å²) in [6, 6.07) is 4.38. The van der Waals surface area contributed by atoms with Gasteiger partial charge in [0.05, 0.1) is 16.8 Å². The lowest BCUT2D eigenvalue weighted by Crippen LogP contribution is -2.10. The summed E-state index contributed by atoms with van der Waals surface area (Å²) in [5, 5.41) is 2.48. The molecule has 7 heteroatoms. The van der Waals surface area contributed by atoms with Crippen LogP contribution >= 0.6 is 0 Å². The third-order valence-electron chi connectivity index (χ3n) is 2.57. The molecule has 0 bridgehead atoms. The fraction of sp³-hybridized carbons (Fsp3) is 0.154. The summed E-state index contributed by atoms with van der Waals surface area (Å²) in [4.78, 5) is 25.7. The van der Waals surface area contributed by atoms with Crippen molar-refractivity contribution in [1.82, 2.24) is 4.98 Å². The molecule has 0 aliphatic heterocycles. The van der Waals surface area contributed by atoms with Crippen molar-refractivity contribution in [3.05, 3.63) is 35.5 Å². The molecule has 0 unspecified atom stereocenters. The van der Waals surface area contributed by atoms with Crippen molar-refractivity contribution in [3.8, 4) is 0 Å². The number of hydrogen-bond acceptors (Lipinski definition) is 3. The molecule has 0 spiro atoms. The molecule has 0 fully saturated rings. The SMILES string of the molecule is CC(=O)Nc1cc(C(F)(F)F)cc2ccc(C=O)nc12. The Kier molecular flexibility index (Phi) is 3.44. The van der Waals surface area contributed by atoms with Gasteiger partial charge in [-0.2, -0.15) is 13.2 Å². The van der Waals surface area contributed by atoms with E-state index < -0.39 is 17.6 Å². The molecule has 1 aromatic carbocycles. The minimum atomic E-state index is -4.54. The van der Waals surface area contributed by atoms with Gasteiger partial charge in [-0.1, -0.05) is 6.07 Å². The van der Waals surface area contributed by atoms with Crippen LogP contribution in [0.15, 0.2) is 24.3 Å². The minimum absolute atomic E-state index is 0.0730. The summed E-state index contributed by atoms with van der Waals surface area (Å²) in [6.45, 7) is 1.18. The number of alkyl halides is 3. The van der Waals surface area contributed by atoms with Gasteiger partial charge in [0.25, 0.3) is 0 Å². The van der Waals surface area contributed by atoms with Gasteiger partial charge in [0.1, 0.15) is 5.69 Å². The first-order valence-corrected chi connectivity index (χ1v) is 5.56. The molecule has 0 saturated heterocycles. The molecule has 0 aliphatic rings. The highest BCUT2D eigenvalue weighted by molar-refractivity contribution is 6.00. The highest BCUT2D eigenvalue weighted by Crippen LogP contribution is 2.34. The third-order valence-corrected chi connectivity index (χ3v) is 2.57. The van der Waals surface area contributed by atoms with E-state index >= 15 is 0 Å². The van der Waals surface area contributed by atoms with Crippen molar-refractivity contribution in [2.75, 3.05) is 5.32 Å². The molecule has 1 heterocycles. The number of carbonyl (C=O) groups excluding carboxylic acids is 2. The second kappa shape index (κ2) is 4.92. The number of amides is 1. The molecule has 0 aliphatic carbocycles. The molecule has 4 nitrogen and oxygen atoms in total. The smallest absolute Gasteiger partial charge is 0.324 e. The maximum atomic E-state index is 12.8. The molecule has 2 rings (SSSR count). The van der Waals surface area contributed by atoms with E-state index in [9.17, 15) is 22.8 Å². The number of aldehydes is 1. The Morgan fingerprint density at radius 1 is 1.30 bits per heavy atom. The minimum Gasteiger partial charge on any atom is -0.324 e. The van der Waals surface area contributed by atoms with Crippen molar-refractivity contribution in [3.63, 3.8) is 0 Å². The van der Waals surface area contributed by atoms with Crippen LogP contribution in [0.2, 0.25) is 0 Å². The predicted octanol–water partition coefficient (Wildman–Crippen LogP) is 3.02. The van der Waals surface area contributed by atoms with Crippen molar-refractivity contribution < 1.29 is 22.8 Å². The lowest BCUT2D eigenvalue weighted by molar-refractivity contribution is -0.137. The number of nitrogens with zero attached hydrogens (tertiary/aromatic N) is 1. The number of carbonyl (C=O) groups is 2. The molecule has 1 aromatic heterocycles. The van der Waals surface area contributed by atoms with E-state index in [1.807, 2.05) is 0 Å². The Hall–Kier alpha value is -2.44. The van der Waals surface area contributed by atoms with E-state index in [4.69, 9.17) is 0 Å². The van der Waals surface area contributed by atoms with Gasteiger partial charge in [0.2, 0.25) is 5.91 Å². The third kappa shape index (κ3) is 2.76. The van der Waals surface area contributed by atoms with Gasteiger partial charge in [0.15, 0.2) is 6.29 Å². The fourth-order valence-corrected chi connectivity index (χ4v) is 1.76. The lowest BCUT2D eigenvalue weighted by Gasteiger charge is -2.12. The van der Waals surface area contributed by atoms with Crippen LogP contribution in [0, 0.1) is 0 Å². The standard InChI is InChI=1S/C13H9F3N2O2/c1-7(20)17-11-5-9(13(14,15)16)4-8-2-3-10(6-19)18-12(8)11/h2-6H,1H3,(H,17,20). The fourth-order valence-electron chi connectivity index (χ4n) is 1.76. The summed E-state index contributed by atoms with van der Waals surface area (Å²) < 4.78 is 38.4. The van der Waals surface area contributed by atoms with E-state index in [0.717, 1.165) is 12.1 Å². The molecule has 1 amide bonds. The maximum Gasteiger partial charge on any atom is 0.416 e. The van der Waals surface area contributed by atoms with Crippen LogP contribution in [0.25, 0.3) is 10.9 Å². The zero-order valence-electron chi connectivity index (χ0n) is 10.3. The second-order valence-corrected chi connectivity index (χ2v) is 4.13. The van der Waals surface area contributed by atoms with Crippen molar-refractivity contribution >= 4 is 28.8 Å². The monoisotopic (exact) mass is 282 g/mol. The maximum absolute atomic E-state index is 12.8. The molecule has 0 atom stereocenters. The largest absolute Gasteiger partial charge is 0.416 e. The van der Waals surface area contributed by atoms with Gasteiger partial charge < -0.3 is 5.32 Å². The molecule has 104 valence electrons. The number of hydrogen-bond donors (Lipinski definition) is 1. The molecule has 2 aromatic rings. The van der Waals surface area contributed by atoms with Gasteiger partial charge in [0, 0.05) is 12.3 Å². The highest BCUT2D eigenvalue weighted by atomic mass is 19.4. The number of halogens is 3. The summed E-state index contributed by atoms with van der Waals surface area (Å²) >= 11 is 0. The van der Waals surface area contributed by atoms with Crippen molar-refractivity contribution in [2.24, 2.45) is 0 Å². The highest BCUT2D eigenvalue weighted by Gasteiger charge is 2.31. The Balaban J connectivity index is 2.73. The van der Waals surface area contributed by atoms with Gasteiger partial charge in [-0.15, -0.1) is 0 Å². The number of anilines is 1. The number of aromatic nitrogens is 1. The van der Waals surface area contributed by atoms with Crippen molar-refractivity contribution in [2.45, 2.75) is 13.1 Å². The Morgan fingerprint density at radius 2 is 2.00 bits per heavy atom. The predicted molar refractivity (Wildman–Crippen MR) is 66.4 cm³/mol. The first-order valence-electron chi connectivity index (χ1n) is 5.56. The quantitative estimate of drug-likeness (QED) is 0.861. The van der Waals surface area contributed by atoms with Crippen LogP contribution in [-0.2, 0) is 11.0 Å². The van der Waals surface area contributed by atoms with Gasteiger partial charge in [-0.05, 0) is 18.2 Å². The number of nitrogens with one attached hydrogen (secondary N) is 1. The van der Waals surface area contributed by atoms with E-state index in [1.54, 1.807) is 0 Å². The van der Waals surface area contributed by atoms with Crippen LogP contribution in [0.1, 0.15) is 23.0 Å². The number of pyridine rings is 1. The summed E-state index contributed by atoms with van der Waals surface area (Å²) in [7, 11) is 0. The Labute approximate surface area is 111 Å². The van der Waals surface area contributed by atoms with Crippen LogP contribution in [0.4, 0.5) is 18.9 Å². The zero-order valence-corrected chi connectivity index (χ0v) is 10.3. The summed E-state index contributed by atoms with van der Waals surface area (Å²) in [6.07, 6.45) is -4.06. The average Bonchev–Trinajstić information content (AvgIpc) is 2.36. The van der Waals surface area contributed by atoms with E-state index in [1.165, 1.54) is 19.1 Å². The van der Waals surface area contributed by atoms with E-state index in [0.29, 0.717) is 6.29 Å².